The molecule has 7 heteroatoms. The molecule has 0 bridgehead atoms. The molecule has 2 aromatic rings. The van der Waals surface area contributed by atoms with Crippen molar-refractivity contribution in [2.75, 3.05) is 13.7 Å². The first kappa shape index (κ1) is 12.8. The van der Waals surface area contributed by atoms with Crippen LogP contribution in [0.5, 0.6) is 5.75 Å². The molecular weight excluding hydrogens is 254 g/mol. The van der Waals surface area contributed by atoms with Gasteiger partial charge >= 0.3 is 0 Å². The summed E-state index contributed by atoms with van der Waals surface area (Å²) >= 11 is 6.05. The van der Waals surface area contributed by atoms with Gasteiger partial charge in [-0.25, -0.2) is 0 Å². The summed E-state index contributed by atoms with van der Waals surface area (Å²) in [6.45, 7) is 1.06. The highest BCUT2D eigenvalue weighted by molar-refractivity contribution is 6.32. The first-order valence-electron chi connectivity index (χ1n) is 5.52. The van der Waals surface area contributed by atoms with E-state index < -0.39 is 0 Å². The predicted octanol–water partition coefficient (Wildman–Crippen LogP) is 0.885. The van der Waals surface area contributed by atoms with Crippen molar-refractivity contribution in [2.24, 2.45) is 5.73 Å². The zero-order chi connectivity index (χ0) is 13.0. The Balaban J connectivity index is 2.10. The summed E-state index contributed by atoms with van der Waals surface area (Å²) in [4.78, 5) is 1.49. The van der Waals surface area contributed by atoms with Crippen LogP contribution in [0.15, 0.2) is 18.2 Å². The van der Waals surface area contributed by atoms with Crippen LogP contribution in [0.25, 0.3) is 0 Å². The highest BCUT2D eigenvalue weighted by Gasteiger charge is 2.06. The Bertz CT molecular complexity index is 528. The topological polar surface area (TPSA) is 78.9 Å². The van der Waals surface area contributed by atoms with Crippen molar-refractivity contribution in [3.05, 3.63) is 34.6 Å². The second kappa shape index (κ2) is 5.79. The fourth-order valence-corrected chi connectivity index (χ4v) is 1.84. The molecule has 2 N–H and O–H groups in total. The molecule has 96 valence electrons. The van der Waals surface area contributed by atoms with Crippen molar-refractivity contribution in [3.63, 3.8) is 0 Å². The van der Waals surface area contributed by atoms with Gasteiger partial charge in [0.1, 0.15) is 5.75 Å². The number of hydrogen-bond acceptors (Lipinski definition) is 5. The Hall–Kier alpha value is -1.66. The summed E-state index contributed by atoms with van der Waals surface area (Å²) in [5.74, 6) is 1.30. The van der Waals surface area contributed by atoms with Gasteiger partial charge in [-0.15, -0.1) is 10.2 Å². The molecule has 2 rings (SSSR count). The van der Waals surface area contributed by atoms with E-state index in [2.05, 4.69) is 15.4 Å². The van der Waals surface area contributed by atoms with Gasteiger partial charge in [0.05, 0.1) is 18.7 Å². The maximum absolute atomic E-state index is 6.05. The molecule has 1 aromatic heterocycles. The van der Waals surface area contributed by atoms with E-state index in [1.165, 1.54) is 4.80 Å². The van der Waals surface area contributed by atoms with E-state index in [4.69, 9.17) is 22.1 Å². The van der Waals surface area contributed by atoms with Gasteiger partial charge in [0, 0.05) is 13.0 Å². The van der Waals surface area contributed by atoms with Gasteiger partial charge in [-0.3, -0.25) is 0 Å². The van der Waals surface area contributed by atoms with Crippen LogP contribution in [0.3, 0.4) is 0 Å². The Morgan fingerprint density at radius 2 is 2.28 bits per heavy atom. The highest BCUT2D eigenvalue weighted by Crippen LogP contribution is 2.25. The lowest BCUT2D eigenvalue weighted by Crippen LogP contribution is -2.12. The summed E-state index contributed by atoms with van der Waals surface area (Å²) in [5.41, 5.74) is 6.42. The lowest BCUT2D eigenvalue weighted by molar-refractivity contribution is 0.415. The molecule has 1 heterocycles. The minimum Gasteiger partial charge on any atom is -0.495 e. The molecule has 0 radical (unpaired) electrons. The molecule has 0 spiro atoms. The first-order valence-corrected chi connectivity index (χ1v) is 5.90. The van der Waals surface area contributed by atoms with E-state index in [-0.39, 0.29) is 0 Å². The number of rotatable bonds is 5. The zero-order valence-corrected chi connectivity index (χ0v) is 10.8. The smallest absolute Gasteiger partial charge is 0.179 e. The van der Waals surface area contributed by atoms with Crippen LogP contribution in [-0.2, 0) is 13.0 Å². The average Bonchev–Trinajstić information content (AvgIpc) is 2.77. The average molecular weight is 268 g/mol. The fraction of sp³-hybridized carbons (Fsp3) is 0.364. The molecule has 0 aliphatic heterocycles. The third-order valence-electron chi connectivity index (χ3n) is 2.40. The van der Waals surface area contributed by atoms with Gasteiger partial charge in [0.2, 0.25) is 0 Å². The van der Waals surface area contributed by atoms with Crippen molar-refractivity contribution < 1.29 is 4.74 Å². The van der Waals surface area contributed by atoms with Gasteiger partial charge in [-0.05, 0) is 22.9 Å². The summed E-state index contributed by atoms with van der Waals surface area (Å²) in [6.07, 6.45) is 0.578. The Morgan fingerprint density at radius 1 is 1.44 bits per heavy atom. The molecule has 0 saturated heterocycles. The Labute approximate surface area is 110 Å². The van der Waals surface area contributed by atoms with Crippen LogP contribution in [0.4, 0.5) is 0 Å². The van der Waals surface area contributed by atoms with Gasteiger partial charge in [-0.2, -0.15) is 4.80 Å². The highest BCUT2D eigenvalue weighted by atomic mass is 35.5. The number of methoxy groups -OCH3 is 1. The monoisotopic (exact) mass is 267 g/mol. The van der Waals surface area contributed by atoms with Crippen LogP contribution in [-0.4, -0.2) is 33.9 Å². The maximum Gasteiger partial charge on any atom is 0.179 e. The first-order chi connectivity index (χ1) is 8.72. The minimum absolute atomic E-state index is 0.490. The van der Waals surface area contributed by atoms with Crippen LogP contribution >= 0.6 is 11.6 Å². The number of nitrogens with zero attached hydrogens (tertiary/aromatic N) is 4. The molecular formula is C11H14ClN5O. The minimum atomic E-state index is 0.490. The van der Waals surface area contributed by atoms with E-state index in [0.29, 0.717) is 36.1 Å². The van der Waals surface area contributed by atoms with Gasteiger partial charge in [0.25, 0.3) is 0 Å². The molecule has 0 aliphatic rings. The summed E-state index contributed by atoms with van der Waals surface area (Å²) in [5, 5.41) is 12.6. The van der Waals surface area contributed by atoms with Crippen LogP contribution < -0.4 is 10.5 Å². The van der Waals surface area contributed by atoms with E-state index in [9.17, 15) is 0 Å². The molecule has 1 aromatic carbocycles. The number of halogens is 1. The van der Waals surface area contributed by atoms with Gasteiger partial charge < -0.3 is 10.5 Å². The van der Waals surface area contributed by atoms with Crippen LogP contribution in [0.2, 0.25) is 5.02 Å². The molecule has 0 atom stereocenters. The van der Waals surface area contributed by atoms with E-state index in [0.717, 1.165) is 5.56 Å². The fourth-order valence-electron chi connectivity index (χ4n) is 1.56. The predicted molar refractivity (Wildman–Crippen MR) is 67.7 cm³/mol. The van der Waals surface area contributed by atoms with E-state index in [1.807, 2.05) is 18.2 Å². The largest absolute Gasteiger partial charge is 0.495 e. The lowest BCUT2D eigenvalue weighted by Gasteiger charge is -2.04. The molecule has 0 amide bonds. The van der Waals surface area contributed by atoms with Crippen molar-refractivity contribution in [3.8, 4) is 5.75 Å². The summed E-state index contributed by atoms with van der Waals surface area (Å²) in [6, 6.07) is 5.58. The number of hydrogen-bond donors (Lipinski definition) is 1. The molecule has 0 aliphatic carbocycles. The summed E-state index contributed by atoms with van der Waals surface area (Å²) in [7, 11) is 1.58. The number of tetrazole rings is 1. The SMILES string of the molecule is COc1ccc(Cc2nnn(CCN)n2)cc1Cl. The molecule has 0 fully saturated rings. The molecule has 0 unspecified atom stereocenters. The number of benzene rings is 1. The van der Waals surface area contributed by atoms with E-state index >= 15 is 0 Å². The van der Waals surface area contributed by atoms with Crippen LogP contribution in [0.1, 0.15) is 11.4 Å². The lowest BCUT2D eigenvalue weighted by atomic mass is 10.1. The van der Waals surface area contributed by atoms with Gasteiger partial charge in [-0.1, -0.05) is 17.7 Å². The molecule has 18 heavy (non-hydrogen) atoms. The van der Waals surface area contributed by atoms with Crippen molar-refractivity contribution >= 4 is 11.6 Å². The Kier molecular flexibility index (Phi) is 4.11. The molecule has 6 nitrogen and oxygen atoms in total. The quantitative estimate of drug-likeness (QED) is 0.870. The van der Waals surface area contributed by atoms with Crippen molar-refractivity contribution in [1.29, 1.82) is 0 Å². The second-order valence-electron chi connectivity index (χ2n) is 3.74. The van der Waals surface area contributed by atoms with E-state index in [1.54, 1.807) is 7.11 Å². The standard InChI is InChI=1S/C11H14ClN5O/c1-18-10-3-2-8(6-9(10)12)7-11-14-16-17(15-11)5-4-13/h2-3,6H,4-5,7,13H2,1H3. The normalized spacial score (nSPS) is 10.6. The maximum atomic E-state index is 6.05. The number of ether oxygens (including phenoxy) is 1. The Morgan fingerprint density at radius 3 is 2.94 bits per heavy atom. The van der Waals surface area contributed by atoms with Crippen molar-refractivity contribution in [1.82, 2.24) is 20.2 Å². The zero-order valence-electron chi connectivity index (χ0n) is 10.0. The number of nitrogens with two attached hydrogens (primary N) is 1. The van der Waals surface area contributed by atoms with Crippen molar-refractivity contribution in [2.45, 2.75) is 13.0 Å². The third-order valence-corrected chi connectivity index (χ3v) is 2.70. The molecule has 0 saturated carbocycles. The number of aromatic nitrogens is 4. The third kappa shape index (κ3) is 2.96. The van der Waals surface area contributed by atoms with Gasteiger partial charge in [0.15, 0.2) is 5.82 Å². The second-order valence-corrected chi connectivity index (χ2v) is 4.14. The summed E-state index contributed by atoms with van der Waals surface area (Å²) < 4.78 is 5.09. The van der Waals surface area contributed by atoms with Crippen LogP contribution in [0, 0.1) is 0 Å².